The molecule has 0 aromatic carbocycles. The molecule has 6 nitrogen and oxygen atoms in total. The Bertz CT molecular complexity index is 583. The van der Waals surface area contributed by atoms with Crippen molar-refractivity contribution in [3.63, 3.8) is 0 Å². The van der Waals surface area contributed by atoms with Crippen molar-refractivity contribution in [2.75, 3.05) is 23.9 Å². The molecule has 20 heavy (non-hydrogen) atoms. The van der Waals surface area contributed by atoms with Crippen molar-refractivity contribution < 1.29 is 0 Å². The maximum absolute atomic E-state index is 4.53. The topological polar surface area (TPSA) is 78.5 Å². The van der Waals surface area contributed by atoms with E-state index in [1.807, 2.05) is 18.8 Å². The molecule has 3 N–H and O–H groups in total. The zero-order valence-electron chi connectivity index (χ0n) is 11.8. The first-order chi connectivity index (χ1) is 9.80. The summed E-state index contributed by atoms with van der Waals surface area (Å²) in [5.41, 5.74) is 1.58. The third kappa shape index (κ3) is 2.67. The second kappa shape index (κ2) is 5.87. The predicted octanol–water partition coefficient (Wildman–Crippen LogP) is 2.48. The van der Waals surface area contributed by atoms with Gasteiger partial charge in [-0.15, -0.1) is 0 Å². The largest absolute Gasteiger partial charge is 0.365 e. The zero-order valence-corrected chi connectivity index (χ0v) is 12.6. The van der Waals surface area contributed by atoms with E-state index in [0.717, 1.165) is 16.6 Å². The third-order valence-electron chi connectivity index (χ3n) is 3.81. The smallest absolute Gasteiger partial charge is 0.226 e. The molecule has 3 rings (SSSR count). The van der Waals surface area contributed by atoms with E-state index >= 15 is 0 Å². The molecule has 2 aromatic rings. The average Bonchev–Trinajstić information content (AvgIpc) is 2.96. The maximum Gasteiger partial charge on any atom is 0.226 e. The molecule has 2 heterocycles. The van der Waals surface area contributed by atoms with Crippen molar-refractivity contribution in [1.82, 2.24) is 19.9 Å². The van der Waals surface area contributed by atoms with Crippen LogP contribution in [-0.4, -0.2) is 44.5 Å². The molecular formula is C13H20N6S. The van der Waals surface area contributed by atoms with Crippen LogP contribution in [0.4, 0.5) is 11.8 Å². The van der Waals surface area contributed by atoms with Gasteiger partial charge in [0, 0.05) is 18.3 Å². The summed E-state index contributed by atoms with van der Waals surface area (Å²) < 4.78 is 0. The molecule has 1 fully saturated rings. The van der Waals surface area contributed by atoms with Crippen molar-refractivity contribution in [3.8, 4) is 0 Å². The fourth-order valence-corrected chi connectivity index (χ4v) is 3.56. The van der Waals surface area contributed by atoms with Crippen molar-refractivity contribution >= 4 is 34.7 Å². The summed E-state index contributed by atoms with van der Waals surface area (Å²) >= 11 is 1.97. The number of thioether (sulfide) groups is 1. The van der Waals surface area contributed by atoms with Crippen LogP contribution < -0.4 is 10.6 Å². The minimum atomic E-state index is 0.479. The van der Waals surface area contributed by atoms with Gasteiger partial charge in [0.05, 0.1) is 6.33 Å². The van der Waals surface area contributed by atoms with Crippen molar-refractivity contribution in [2.24, 2.45) is 0 Å². The molecule has 2 atom stereocenters. The number of hydrogen-bond acceptors (Lipinski definition) is 6. The molecule has 2 aromatic heterocycles. The highest BCUT2D eigenvalue weighted by Gasteiger charge is 2.22. The number of hydrogen-bond donors (Lipinski definition) is 3. The second-order valence-electron chi connectivity index (χ2n) is 5.11. The number of aromatic nitrogens is 4. The van der Waals surface area contributed by atoms with Crippen LogP contribution in [0.15, 0.2) is 6.33 Å². The van der Waals surface area contributed by atoms with Gasteiger partial charge in [-0.25, -0.2) is 4.98 Å². The Morgan fingerprint density at radius 1 is 1.35 bits per heavy atom. The van der Waals surface area contributed by atoms with Gasteiger partial charge in [-0.3, -0.25) is 0 Å². The number of nitrogens with zero attached hydrogens (tertiary/aromatic N) is 3. The molecule has 0 spiro atoms. The summed E-state index contributed by atoms with van der Waals surface area (Å²) in [5.74, 6) is 1.45. The molecule has 108 valence electrons. The van der Waals surface area contributed by atoms with Crippen molar-refractivity contribution in [2.45, 2.75) is 37.0 Å². The fourth-order valence-electron chi connectivity index (χ4n) is 2.73. The molecule has 1 aliphatic rings. The standard InChI is InChI=1S/C13H20N6S/c1-14-13-18-11-10(15-7-16-11)12(19-13)17-8-4-3-5-9(6-8)20-2/h7-9H,3-6H2,1-2H3,(H3,14,15,16,17,18,19). The summed E-state index contributed by atoms with van der Waals surface area (Å²) in [6.45, 7) is 0. The third-order valence-corrected chi connectivity index (χ3v) is 4.90. The Morgan fingerprint density at radius 2 is 2.25 bits per heavy atom. The predicted molar refractivity (Wildman–Crippen MR) is 84.4 cm³/mol. The average molecular weight is 292 g/mol. The van der Waals surface area contributed by atoms with Gasteiger partial charge in [0.15, 0.2) is 11.5 Å². The van der Waals surface area contributed by atoms with Crippen molar-refractivity contribution in [1.29, 1.82) is 0 Å². The summed E-state index contributed by atoms with van der Waals surface area (Å²) in [6.07, 6.45) is 8.85. The van der Waals surface area contributed by atoms with E-state index in [0.29, 0.717) is 17.6 Å². The molecule has 0 saturated heterocycles. The molecule has 1 aliphatic carbocycles. The van der Waals surface area contributed by atoms with Crippen LogP contribution in [0.25, 0.3) is 11.2 Å². The molecule has 1 saturated carbocycles. The Labute approximate surface area is 122 Å². The van der Waals surface area contributed by atoms with Gasteiger partial charge < -0.3 is 15.6 Å². The lowest BCUT2D eigenvalue weighted by Crippen LogP contribution is -2.29. The Morgan fingerprint density at radius 3 is 3.05 bits per heavy atom. The van der Waals surface area contributed by atoms with Gasteiger partial charge in [0.25, 0.3) is 0 Å². The first kappa shape index (κ1) is 13.5. The fraction of sp³-hybridized carbons (Fsp3) is 0.615. The van der Waals surface area contributed by atoms with Crippen molar-refractivity contribution in [3.05, 3.63) is 6.33 Å². The molecule has 0 radical (unpaired) electrons. The van der Waals surface area contributed by atoms with Crippen LogP contribution in [0.2, 0.25) is 0 Å². The molecule has 0 bridgehead atoms. The highest BCUT2D eigenvalue weighted by atomic mass is 32.2. The maximum atomic E-state index is 4.53. The highest BCUT2D eigenvalue weighted by Crippen LogP contribution is 2.29. The Hall–Kier alpha value is -1.50. The zero-order chi connectivity index (χ0) is 13.9. The Balaban J connectivity index is 1.84. The lowest BCUT2D eigenvalue weighted by molar-refractivity contribution is 0.473. The second-order valence-corrected chi connectivity index (χ2v) is 6.25. The van der Waals surface area contributed by atoms with Gasteiger partial charge in [-0.2, -0.15) is 21.7 Å². The number of fused-ring (bicyclic) bond motifs is 1. The van der Waals surface area contributed by atoms with Gasteiger partial charge in [0.2, 0.25) is 5.95 Å². The van der Waals surface area contributed by atoms with E-state index in [2.05, 4.69) is 36.8 Å². The van der Waals surface area contributed by atoms with Crippen LogP contribution in [-0.2, 0) is 0 Å². The molecule has 2 unspecified atom stereocenters. The molecule has 0 aliphatic heterocycles. The van der Waals surface area contributed by atoms with E-state index < -0.39 is 0 Å². The van der Waals surface area contributed by atoms with E-state index in [1.54, 1.807) is 6.33 Å². The summed E-state index contributed by atoms with van der Waals surface area (Å²) in [6, 6.07) is 0.479. The van der Waals surface area contributed by atoms with E-state index in [9.17, 15) is 0 Å². The van der Waals surface area contributed by atoms with Gasteiger partial charge in [-0.05, 0) is 25.5 Å². The van der Waals surface area contributed by atoms with E-state index in [1.165, 1.54) is 25.7 Å². The van der Waals surface area contributed by atoms with Crippen LogP contribution >= 0.6 is 11.8 Å². The van der Waals surface area contributed by atoms with Crippen LogP contribution in [0, 0.1) is 0 Å². The van der Waals surface area contributed by atoms with E-state index in [-0.39, 0.29) is 0 Å². The monoisotopic (exact) mass is 292 g/mol. The number of imidazole rings is 1. The lowest BCUT2D eigenvalue weighted by Gasteiger charge is -2.29. The number of aromatic amines is 1. The summed E-state index contributed by atoms with van der Waals surface area (Å²) in [4.78, 5) is 16.2. The van der Waals surface area contributed by atoms with Crippen LogP contribution in [0.3, 0.4) is 0 Å². The van der Waals surface area contributed by atoms with Crippen LogP contribution in [0.5, 0.6) is 0 Å². The first-order valence-electron chi connectivity index (χ1n) is 6.98. The SMILES string of the molecule is CNc1nc(NC2CCCC(SC)C2)c2[nH]cnc2n1. The normalized spacial score (nSPS) is 22.9. The van der Waals surface area contributed by atoms with Gasteiger partial charge in [0.1, 0.15) is 5.52 Å². The summed E-state index contributed by atoms with van der Waals surface area (Å²) in [7, 11) is 1.82. The number of anilines is 2. The number of rotatable bonds is 4. The molecule has 0 amide bonds. The molecule has 7 heteroatoms. The van der Waals surface area contributed by atoms with E-state index in [4.69, 9.17) is 0 Å². The molecular weight excluding hydrogens is 272 g/mol. The highest BCUT2D eigenvalue weighted by molar-refractivity contribution is 7.99. The quantitative estimate of drug-likeness (QED) is 0.803. The van der Waals surface area contributed by atoms with Gasteiger partial charge >= 0.3 is 0 Å². The minimum absolute atomic E-state index is 0.479. The number of nitrogens with one attached hydrogen (secondary N) is 3. The Kier molecular flexibility index (Phi) is 3.95. The lowest BCUT2D eigenvalue weighted by atomic mass is 9.95. The first-order valence-corrected chi connectivity index (χ1v) is 8.27. The number of H-pyrrole nitrogens is 1. The minimum Gasteiger partial charge on any atom is -0.365 e. The van der Waals surface area contributed by atoms with Crippen LogP contribution in [0.1, 0.15) is 25.7 Å². The van der Waals surface area contributed by atoms with Gasteiger partial charge in [-0.1, -0.05) is 6.42 Å². The summed E-state index contributed by atoms with van der Waals surface area (Å²) in [5, 5.41) is 7.31.